The predicted molar refractivity (Wildman–Crippen MR) is 75.6 cm³/mol. The molecule has 2 aromatic rings. The molecule has 1 nitrogen and oxygen atoms in total. The minimum atomic E-state index is -0.297. The summed E-state index contributed by atoms with van der Waals surface area (Å²) in [7, 11) is 0. The van der Waals surface area contributed by atoms with Crippen LogP contribution in [0.4, 0.5) is 0 Å². The number of nitrogens with two attached hydrogens (primary N) is 1. The van der Waals surface area contributed by atoms with E-state index in [1.165, 1.54) is 4.88 Å². The van der Waals surface area contributed by atoms with Gasteiger partial charge in [0.1, 0.15) is 0 Å². The van der Waals surface area contributed by atoms with Gasteiger partial charge in [-0.3, -0.25) is 0 Å². The van der Waals surface area contributed by atoms with E-state index in [9.17, 15) is 0 Å². The number of benzene rings is 1. The van der Waals surface area contributed by atoms with E-state index >= 15 is 0 Å². The summed E-state index contributed by atoms with van der Waals surface area (Å²) in [5.41, 5.74) is 7.21. The van der Waals surface area contributed by atoms with Gasteiger partial charge in [0, 0.05) is 15.4 Å². The standard InChI is InChI=1S/C14H16ClNS/c1-14(16,9-8-13-3-2-10-17-13)11-4-6-12(15)7-5-11/h2-7,10H,8-9,16H2,1H3. The van der Waals surface area contributed by atoms with Crippen molar-refractivity contribution in [1.29, 1.82) is 0 Å². The van der Waals surface area contributed by atoms with Crippen LogP contribution in [0.2, 0.25) is 5.02 Å². The van der Waals surface area contributed by atoms with Gasteiger partial charge in [-0.2, -0.15) is 0 Å². The number of hydrogen-bond acceptors (Lipinski definition) is 2. The maximum absolute atomic E-state index is 6.37. The quantitative estimate of drug-likeness (QED) is 0.881. The molecule has 0 saturated heterocycles. The largest absolute Gasteiger partial charge is 0.322 e. The smallest absolute Gasteiger partial charge is 0.0406 e. The van der Waals surface area contributed by atoms with Crippen molar-refractivity contribution >= 4 is 22.9 Å². The van der Waals surface area contributed by atoms with Crippen LogP contribution in [0.15, 0.2) is 41.8 Å². The first-order chi connectivity index (χ1) is 8.08. The van der Waals surface area contributed by atoms with Crippen LogP contribution >= 0.6 is 22.9 Å². The summed E-state index contributed by atoms with van der Waals surface area (Å²) in [5, 5.41) is 2.86. The molecule has 17 heavy (non-hydrogen) atoms. The van der Waals surface area contributed by atoms with Gasteiger partial charge in [0.15, 0.2) is 0 Å². The lowest BCUT2D eigenvalue weighted by Gasteiger charge is -2.25. The van der Waals surface area contributed by atoms with E-state index < -0.39 is 0 Å². The molecule has 0 aliphatic rings. The van der Waals surface area contributed by atoms with Crippen molar-refractivity contribution in [3.8, 4) is 0 Å². The minimum absolute atomic E-state index is 0.297. The van der Waals surface area contributed by atoms with Crippen LogP contribution in [0.25, 0.3) is 0 Å². The Morgan fingerprint density at radius 1 is 1.24 bits per heavy atom. The minimum Gasteiger partial charge on any atom is -0.322 e. The molecule has 1 atom stereocenters. The molecule has 1 unspecified atom stereocenters. The highest BCUT2D eigenvalue weighted by Crippen LogP contribution is 2.25. The van der Waals surface area contributed by atoms with E-state index in [4.69, 9.17) is 17.3 Å². The third-order valence-corrected chi connectivity index (χ3v) is 4.16. The molecule has 0 fully saturated rings. The third-order valence-electron chi connectivity index (χ3n) is 2.97. The second-order valence-corrected chi connectivity index (χ2v) is 5.97. The predicted octanol–water partition coefficient (Wildman–Crippen LogP) is 4.21. The van der Waals surface area contributed by atoms with Gasteiger partial charge in [-0.25, -0.2) is 0 Å². The molecule has 0 aliphatic carbocycles. The van der Waals surface area contributed by atoms with E-state index in [0.29, 0.717) is 0 Å². The van der Waals surface area contributed by atoms with Crippen molar-refractivity contribution in [1.82, 2.24) is 0 Å². The van der Waals surface area contributed by atoms with Gasteiger partial charge in [-0.1, -0.05) is 29.8 Å². The average molecular weight is 266 g/mol. The Hall–Kier alpha value is -0.830. The Labute approximate surface area is 111 Å². The number of aryl methyl sites for hydroxylation is 1. The highest BCUT2D eigenvalue weighted by atomic mass is 35.5. The Bertz CT molecular complexity index is 459. The topological polar surface area (TPSA) is 26.0 Å². The molecular weight excluding hydrogens is 250 g/mol. The second-order valence-electron chi connectivity index (χ2n) is 4.50. The summed E-state index contributed by atoms with van der Waals surface area (Å²) in [6, 6.07) is 12.0. The van der Waals surface area contributed by atoms with E-state index in [2.05, 4.69) is 24.4 Å². The Morgan fingerprint density at radius 3 is 2.53 bits per heavy atom. The number of hydrogen-bond donors (Lipinski definition) is 1. The fourth-order valence-corrected chi connectivity index (χ4v) is 2.65. The van der Waals surface area contributed by atoms with Crippen molar-refractivity contribution in [2.45, 2.75) is 25.3 Å². The molecule has 1 heterocycles. The van der Waals surface area contributed by atoms with Gasteiger partial charge in [-0.05, 0) is 48.9 Å². The second kappa shape index (κ2) is 5.21. The van der Waals surface area contributed by atoms with E-state index in [1.807, 2.05) is 24.3 Å². The fourth-order valence-electron chi connectivity index (χ4n) is 1.81. The van der Waals surface area contributed by atoms with Crippen molar-refractivity contribution in [2.75, 3.05) is 0 Å². The van der Waals surface area contributed by atoms with Crippen LogP contribution in [0.1, 0.15) is 23.8 Å². The Kier molecular flexibility index (Phi) is 3.87. The monoisotopic (exact) mass is 265 g/mol. The van der Waals surface area contributed by atoms with E-state index in [0.717, 1.165) is 23.4 Å². The fraction of sp³-hybridized carbons (Fsp3) is 0.286. The number of rotatable bonds is 4. The van der Waals surface area contributed by atoms with Crippen LogP contribution in [-0.4, -0.2) is 0 Å². The Balaban J connectivity index is 2.05. The molecule has 0 amide bonds. The lowest BCUT2D eigenvalue weighted by atomic mass is 9.88. The average Bonchev–Trinajstić information content (AvgIpc) is 2.80. The van der Waals surface area contributed by atoms with Gasteiger partial charge in [-0.15, -0.1) is 11.3 Å². The maximum Gasteiger partial charge on any atom is 0.0406 e. The van der Waals surface area contributed by atoms with Crippen LogP contribution in [-0.2, 0) is 12.0 Å². The summed E-state index contributed by atoms with van der Waals surface area (Å²) < 4.78 is 0. The first kappa shape index (κ1) is 12.6. The summed E-state index contributed by atoms with van der Waals surface area (Å²) in [5.74, 6) is 0. The molecule has 1 aromatic carbocycles. The molecule has 0 bridgehead atoms. The first-order valence-corrected chi connectivity index (χ1v) is 6.91. The zero-order chi connectivity index (χ0) is 12.3. The zero-order valence-electron chi connectivity index (χ0n) is 9.82. The van der Waals surface area contributed by atoms with Crippen molar-refractivity contribution in [3.63, 3.8) is 0 Å². The molecular formula is C14H16ClNS. The van der Waals surface area contributed by atoms with Crippen LogP contribution in [0.3, 0.4) is 0 Å². The van der Waals surface area contributed by atoms with Gasteiger partial charge in [0.05, 0.1) is 0 Å². The zero-order valence-corrected chi connectivity index (χ0v) is 11.4. The first-order valence-electron chi connectivity index (χ1n) is 5.65. The SMILES string of the molecule is CC(N)(CCc1cccs1)c1ccc(Cl)cc1. The molecule has 0 radical (unpaired) electrons. The van der Waals surface area contributed by atoms with Gasteiger partial charge >= 0.3 is 0 Å². The molecule has 0 spiro atoms. The molecule has 0 saturated carbocycles. The van der Waals surface area contributed by atoms with Gasteiger partial charge < -0.3 is 5.73 Å². The van der Waals surface area contributed by atoms with E-state index in [1.54, 1.807) is 11.3 Å². The summed E-state index contributed by atoms with van der Waals surface area (Å²) in [4.78, 5) is 1.38. The van der Waals surface area contributed by atoms with Crippen molar-refractivity contribution in [3.05, 3.63) is 57.2 Å². The van der Waals surface area contributed by atoms with Crippen LogP contribution in [0, 0.1) is 0 Å². The number of thiophene rings is 1. The van der Waals surface area contributed by atoms with Gasteiger partial charge in [0.25, 0.3) is 0 Å². The van der Waals surface area contributed by atoms with Gasteiger partial charge in [0.2, 0.25) is 0 Å². The van der Waals surface area contributed by atoms with E-state index in [-0.39, 0.29) is 5.54 Å². The molecule has 2 rings (SSSR count). The highest BCUT2D eigenvalue weighted by molar-refractivity contribution is 7.09. The molecule has 2 N–H and O–H groups in total. The van der Waals surface area contributed by atoms with Crippen LogP contribution < -0.4 is 5.73 Å². The highest BCUT2D eigenvalue weighted by Gasteiger charge is 2.20. The summed E-state index contributed by atoms with van der Waals surface area (Å²) >= 11 is 7.67. The Morgan fingerprint density at radius 2 is 1.94 bits per heavy atom. The summed E-state index contributed by atoms with van der Waals surface area (Å²) in [6.45, 7) is 2.07. The molecule has 1 aromatic heterocycles. The third kappa shape index (κ3) is 3.32. The maximum atomic E-state index is 6.37. The normalized spacial score (nSPS) is 14.5. The van der Waals surface area contributed by atoms with Crippen LogP contribution in [0.5, 0.6) is 0 Å². The summed E-state index contributed by atoms with van der Waals surface area (Å²) in [6.07, 6.45) is 1.96. The molecule has 0 aliphatic heterocycles. The lowest BCUT2D eigenvalue weighted by molar-refractivity contribution is 0.454. The lowest BCUT2D eigenvalue weighted by Crippen LogP contribution is -2.33. The van der Waals surface area contributed by atoms with Crippen molar-refractivity contribution in [2.24, 2.45) is 5.73 Å². The molecule has 3 heteroatoms. The molecule has 90 valence electrons. The number of halogens is 1. The van der Waals surface area contributed by atoms with Crippen molar-refractivity contribution < 1.29 is 0 Å².